The third-order valence-corrected chi connectivity index (χ3v) is 6.39. The molecule has 0 unspecified atom stereocenters. The van der Waals surface area contributed by atoms with Gasteiger partial charge in [0.1, 0.15) is 17.3 Å². The number of hydrogen-bond donors (Lipinski definition) is 0. The Balaban J connectivity index is 1.39. The van der Waals surface area contributed by atoms with Crippen LogP contribution in [0.5, 0.6) is 11.5 Å². The lowest BCUT2D eigenvalue weighted by Crippen LogP contribution is -2.04. The molecule has 0 amide bonds. The number of methoxy groups -OCH3 is 2. The van der Waals surface area contributed by atoms with Gasteiger partial charge in [-0.15, -0.1) is 10.2 Å². The average molecular weight is 490 g/mol. The molecule has 0 aliphatic heterocycles. The summed E-state index contributed by atoms with van der Waals surface area (Å²) in [5.41, 5.74) is 2.77. The Labute approximate surface area is 206 Å². The van der Waals surface area contributed by atoms with E-state index in [-0.39, 0.29) is 0 Å². The molecule has 9 nitrogen and oxygen atoms in total. The Morgan fingerprint density at radius 2 is 1.83 bits per heavy atom. The highest BCUT2D eigenvalue weighted by molar-refractivity contribution is 7.98. The quantitative estimate of drug-likeness (QED) is 0.257. The Morgan fingerprint density at radius 3 is 2.57 bits per heavy atom. The SMILES string of the molecule is COc1ccc(-c2noc(CSc3nnc(-c4ccoc4C)n3Cc3ccccc3)n2)c(OC)c1. The monoisotopic (exact) mass is 489 g/mol. The van der Waals surface area contributed by atoms with Crippen LogP contribution in [-0.4, -0.2) is 39.1 Å². The van der Waals surface area contributed by atoms with Crippen LogP contribution in [0.2, 0.25) is 0 Å². The normalized spacial score (nSPS) is 11.1. The van der Waals surface area contributed by atoms with E-state index in [1.165, 1.54) is 11.8 Å². The van der Waals surface area contributed by atoms with E-state index in [2.05, 4.69) is 37.0 Å². The topological polar surface area (TPSA) is 101 Å². The van der Waals surface area contributed by atoms with E-state index >= 15 is 0 Å². The first-order chi connectivity index (χ1) is 17.2. The average Bonchev–Trinajstić information content (AvgIpc) is 3.63. The first kappa shape index (κ1) is 22.7. The van der Waals surface area contributed by atoms with Gasteiger partial charge in [0.15, 0.2) is 11.0 Å². The van der Waals surface area contributed by atoms with Crippen molar-refractivity contribution in [3.63, 3.8) is 0 Å². The van der Waals surface area contributed by atoms with Gasteiger partial charge in [-0.05, 0) is 30.7 Å². The van der Waals surface area contributed by atoms with Gasteiger partial charge in [-0.1, -0.05) is 47.3 Å². The van der Waals surface area contributed by atoms with Gasteiger partial charge in [-0.2, -0.15) is 4.98 Å². The van der Waals surface area contributed by atoms with Crippen molar-refractivity contribution in [2.75, 3.05) is 14.2 Å². The Kier molecular flexibility index (Phi) is 6.53. The van der Waals surface area contributed by atoms with Gasteiger partial charge in [0.2, 0.25) is 11.7 Å². The number of nitrogens with zero attached hydrogens (tertiary/aromatic N) is 5. The van der Waals surface area contributed by atoms with Crippen molar-refractivity contribution in [3.8, 4) is 34.3 Å². The molecule has 0 N–H and O–H groups in total. The van der Waals surface area contributed by atoms with Crippen LogP contribution in [0, 0.1) is 6.92 Å². The predicted molar refractivity (Wildman–Crippen MR) is 130 cm³/mol. The van der Waals surface area contributed by atoms with Crippen molar-refractivity contribution < 1.29 is 18.4 Å². The van der Waals surface area contributed by atoms with E-state index in [1.54, 1.807) is 26.5 Å². The summed E-state index contributed by atoms with van der Waals surface area (Å²) in [6, 6.07) is 17.5. The van der Waals surface area contributed by atoms with Gasteiger partial charge in [0, 0.05) is 6.07 Å². The highest BCUT2D eigenvalue weighted by Crippen LogP contribution is 2.33. The molecule has 3 aromatic heterocycles. The number of thioether (sulfide) groups is 1. The molecule has 10 heteroatoms. The summed E-state index contributed by atoms with van der Waals surface area (Å²) in [4.78, 5) is 4.55. The summed E-state index contributed by atoms with van der Waals surface area (Å²) >= 11 is 1.48. The maximum atomic E-state index is 5.51. The third-order valence-electron chi connectivity index (χ3n) is 5.44. The molecular weight excluding hydrogens is 466 g/mol. The molecule has 5 aromatic rings. The smallest absolute Gasteiger partial charge is 0.237 e. The second-order valence-electron chi connectivity index (χ2n) is 7.63. The second kappa shape index (κ2) is 10.1. The number of hydrogen-bond acceptors (Lipinski definition) is 9. The Morgan fingerprint density at radius 1 is 0.971 bits per heavy atom. The number of aryl methyl sites for hydroxylation is 1. The molecule has 0 aliphatic rings. The molecule has 35 heavy (non-hydrogen) atoms. The highest BCUT2D eigenvalue weighted by atomic mass is 32.2. The molecule has 0 atom stereocenters. The van der Waals surface area contributed by atoms with Crippen LogP contribution < -0.4 is 9.47 Å². The van der Waals surface area contributed by atoms with Gasteiger partial charge in [0.25, 0.3) is 0 Å². The fraction of sp³-hybridized carbons (Fsp3) is 0.200. The van der Waals surface area contributed by atoms with E-state index in [0.29, 0.717) is 35.5 Å². The van der Waals surface area contributed by atoms with E-state index < -0.39 is 0 Å². The van der Waals surface area contributed by atoms with E-state index in [4.69, 9.17) is 18.4 Å². The van der Waals surface area contributed by atoms with Crippen LogP contribution in [-0.2, 0) is 12.3 Å². The van der Waals surface area contributed by atoms with Gasteiger partial charge < -0.3 is 18.4 Å². The summed E-state index contributed by atoms with van der Waals surface area (Å²) in [6.07, 6.45) is 1.66. The lowest BCUT2D eigenvalue weighted by Gasteiger charge is -2.09. The fourth-order valence-corrected chi connectivity index (χ4v) is 4.43. The lowest BCUT2D eigenvalue weighted by atomic mass is 10.2. The van der Waals surface area contributed by atoms with Gasteiger partial charge in [0.05, 0.1) is 43.9 Å². The highest BCUT2D eigenvalue weighted by Gasteiger charge is 2.20. The maximum Gasteiger partial charge on any atom is 0.237 e. The second-order valence-corrected chi connectivity index (χ2v) is 8.58. The zero-order chi connectivity index (χ0) is 24.2. The van der Waals surface area contributed by atoms with Crippen LogP contribution in [0.25, 0.3) is 22.8 Å². The molecule has 0 fully saturated rings. The van der Waals surface area contributed by atoms with E-state index in [0.717, 1.165) is 33.4 Å². The summed E-state index contributed by atoms with van der Waals surface area (Å²) in [5.74, 6) is 4.18. The van der Waals surface area contributed by atoms with E-state index in [1.807, 2.05) is 43.3 Å². The molecule has 0 spiro atoms. The van der Waals surface area contributed by atoms with Crippen molar-refractivity contribution in [2.24, 2.45) is 0 Å². The molecular formula is C25H23N5O4S. The maximum absolute atomic E-state index is 5.51. The Hall–Kier alpha value is -4.05. The van der Waals surface area contributed by atoms with Gasteiger partial charge in [-0.3, -0.25) is 4.57 Å². The molecule has 178 valence electrons. The Bertz CT molecular complexity index is 1430. The summed E-state index contributed by atoms with van der Waals surface area (Å²) in [7, 11) is 3.20. The zero-order valence-electron chi connectivity index (χ0n) is 19.5. The standard InChI is InChI=1S/C25H23N5O4S/c1-16-19(11-12-33-16)24-27-28-25(30(24)14-17-7-5-4-6-8-17)35-15-22-26-23(29-34-22)20-10-9-18(31-2)13-21(20)32-3/h4-13H,14-15H2,1-3H3. The number of rotatable bonds is 9. The number of benzene rings is 2. The summed E-state index contributed by atoms with van der Waals surface area (Å²) < 4.78 is 23.8. The number of furan rings is 1. The predicted octanol–water partition coefficient (Wildman–Crippen LogP) is 5.25. The molecule has 0 saturated carbocycles. The largest absolute Gasteiger partial charge is 0.497 e. The molecule has 0 bridgehead atoms. The van der Waals surface area contributed by atoms with Crippen LogP contribution in [0.3, 0.4) is 0 Å². The first-order valence-corrected chi connectivity index (χ1v) is 11.8. The molecule has 3 heterocycles. The lowest BCUT2D eigenvalue weighted by molar-refractivity contribution is 0.388. The van der Waals surface area contributed by atoms with Crippen LogP contribution in [0.4, 0.5) is 0 Å². The van der Waals surface area contributed by atoms with Crippen molar-refractivity contribution in [2.45, 2.75) is 24.4 Å². The van der Waals surface area contributed by atoms with Crippen LogP contribution in [0.1, 0.15) is 17.2 Å². The molecule has 0 saturated heterocycles. The molecule has 0 radical (unpaired) electrons. The minimum atomic E-state index is 0.433. The minimum Gasteiger partial charge on any atom is -0.497 e. The van der Waals surface area contributed by atoms with Crippen LogP contribution >= 0.6 is 11.8 Å². The minimum absolute atomic E-state index is 0.433. The summed E-state index contributed by atoms with van der Waals surface area (Å²) in [5, 5.41) is 13.8. The van der Waals surface area contributed by atoms with Crippen LogP contribution in [0.15, 0.2) is 75.0 Å². The third kappa shape index (κ3) is 4.78. The molecule has 5 rings (SSSR count). The number of aromatic nitrogens is 5. The number of ether oxygens (including phenoxy) is 2. The van der Waals surface area contributed by atoms with E-state index in [9.17, 15) is 0 Å². The molecule has 0 aliphatic carbocycles. The first-order valence-electron chi connectivity index (χ1n) is 10.9. The zero-order valence-corrected chi connectivity index (χ0v) is 20.3. The summed E-state index contributed by atoms with van der Waals surface area (Å²) in [6.45, 7) is 2.53. The van der Waals surface area contributed by atoms with Crippen molar-refractivity contribution in [1.82, 2.24) is 24.9 Å². The van der Waals surface area contributed by atoms with Gasteiger partial charge in [-0.25, -0.2) is 0 Å². The van der Waals surface area contributed by atoms with Crippen molar-refractivity contribution in [3.05, 3.63) is 78.1 Å². The van der Waals surface area contributed by atoms with Crippen molar-refractivity contribution in [1.29, 1.82) is 0 Å². The van der Waals surface area contributed by atoms with Gasteiger partial charge >= 0.3 is 0 Å². The van der Waals surface area contributed by atoms with Crippen molar-refractivity contribution >= 4 is 11.8 Å². The molecule has 2 aromatic carbocycles. The fourth-order valence-electron chi connectivity index (χ4n) is 3.65.